The summed E-state index contributed by atoms with van der Waals surface area (Å²) in [5.74, 6) is 1.63. The van der Waals surface area contributed by atoms with E-state index in [9.17, 15) is 9.32 Å². The number of piperazine rings is 1. The quantitative estimate of drug-likeness (QED) is 0.266. The van der Waals surface area contributed by atoms with Crippen molar-refractivity contribution in [3.63, 3.8) is 0 Å². The summed E-state index contributed by atoms with van der Waals surface area (Å²) in [7, 11) is -0.705. The summed E-state index contributed by atoms with van der Waals surface area (Å²) in [6.45, 7) is 2.79. The Morgan fingerprint density at radius 3 is 2.55 bits per heavy atom. The second-order valence-electron chi connectivity index (χ2n) is 12.6. The van der Waals surface area contributed by atoms with Gasteiger partial charge in [0.15, 0.2) is 5.82 Å². The first kappa shape index (κ1) is 28.4. The van der Waals surface area contributed by atoms with Crippen molar-refractivity contribution in [1.29, 1.82) is 0 Å². The van der Waals surface area contributed by atoms with Gasteiger partial charge in [-0.25, -0.2) is 4.39 Å². The molecule has 4 atom stereocenters. The van der Waals surface area contributed by atoms with Crippen LogP contribution in [0.5, 0.6) is 11.8 Å². The summed E-state index contributed by atoms with van der Waals surface area (Å²) in [5, 5.41) is 16.5. The lowest BCUT2D eigenvalue weighted by molar-refractivity contribution is 0.185. The van der Waals surface area contributed by atoms with Crippen LogP contribution in [0.15, 0.2) is 42.5 Å². The Labute approximate surface area is 263 Å². The molecule has 0 aliphatic carbocycles. The van der Waals surface area contributed by atoms with Gasteiger partial charge in [-0.15, -0.1) is 0 Å². The number of nitrogens with zero attached hydrogens (tertiary/aromatic N) is 4. The number of phenols is 1. The number of phenolic OH excluding ortho intramolecular Hbond substituents is 1. The van der Waals surface area contributed by atoms with Gasteiger partial charge in [-0.3, -0.25) is 9.11 Å². The Hall–Kier alpha value is -3.05. The van der Waals surface area contributed by atoms with E-state index in [2.05, 4.69) is 20.1 Å². The van der Waals surface area contributed by atoms with E-state index in [0.29, 0.717) is 47.5 Å². The molecule has 1 aromatic heterocycles. The zero-order chi connectivity index (χ0) is 29.9. The molecule has 5 heterocycles. The normalized spacial score (nSPS) is 26.6. The summed E-state index contributed by atoms with van der Waals surface area (Å²) in [4.78, 5) is 14.2. The summed E-state index contributed by atoms with van der Waals surface area (Å²) in [5.41, 5.74) is 0.851. The number of halogens is 2. The third-order valence-electron chi connectivity index (χ3n) is 9.79. The van der Waals surface area contributed by atoms with Gasteiger partial charge < -0.3 is 20.1 Å². The molecular formula is C33H35ClFN5O3S. The molecule has 4 fully saturated rings. The zero-order valence-electron chi connectivity index (χ0n) is 24.3. The Bertz CT molecular complexity index is 1760. The van der Waals surface area contributed by atoms with E-state index in [1.165, 1.54) is 0 Å². The molecule has 4 bridgehead atoms. The first-order valence-corrected chi connectivity index (χ1v) is 17.4. The molecule has 0 amide bonds. The Kier molecular flexibility index (Phi) is 7.36. The van der Waals surface area contributed by atoms with Crippen molar-refractivity contribution in [2.45, 2.75) is 56.3 Å². The van der Waals surface area contributed by atoms with Crippen LogP contribution >= 0.6 is 11.6 Å². The average Bonchev–Trinajstić information content (AvgIpc) is 3.47. The third kappa shape index (κ3) is 5.09. The molecule has 4 aromatic rings. The number of rotatable bonds is 7. The molecule has 4 saturated heterocycles. The van der Waals surface area contributed by atoms with Crippen molar-refractivity contribution < 1.29 is 18.4 Å². The maximum Gasteiger partial charge on any atom is 0.319 e. The molecule has 0 spiro atoms. The van der Waals surface area contributed by atoms with Crippen LogP contribution in [0.25, 0.3) is 32.8 Å². The summed E-state index contributed by atoms with van der Waals surface area (Å²) >= 11 is 6.87. The van der Waals surface area contributed by atoms with Crippen molar-refractivity contribution in [2.24, 2.45) is 0 Å². The maximum atomic E-state index is 16.7. The Morgan fingerprint density at radius 2 is 1.77 bits per heavy atom. The van der Waals surface area contributed by atoms with Gasteiger partial charge >= 0.3 is 6.01 Å². The lowest BCUT2D eigenvalue weighted by Crippen LogP contribution is -2.51. The highest BCUT2D eigenvalue weighted by molar-refractivity contribution is 7.85. The Balaban J connectivity index is 1.15. The number of nitrogens with one attached hydrogen (secondary N) is 1. The summed E-state index contributed by atoms with van der Waals surface area (Å²) in [6.07, 6.45) is 5.20. The second-order valence-corrected chi connectivity index (χ2v) is 14.6. The first-order chi connectivity index (χ1) is 21.4. The molecular weight excluding hydrogens is 601 g/mol. The standard InChI is InChI=1S/C33H35ClFN5O3S/c34-28-14-27-31(30(35)29(28)26-13-24(41)12-19-4-1-2-5-25(19)26)37-33(38-32(27)39-15-20-6-7-21(16-39)36-20)43-11-3-10-40-22-8-9-23(40)18-44(42)17-22/h1-2,4-5,12-14,20-23,36,41H,3,6-11,15-18H2. The predicted molar refractivity (Wildman–Crippen MR) is 173 cm³/mol. The molecule has 3 aromatic carbocycles. The van der Waals surface area contributed by atoms with Gasteiger partial charge in [-0.2, -0.15) is 9.97 Å². The molecule has 2 N–H and O–H groups in total. The van der Waals surface area contributed by atoms with E-state index < -0.39 is 16.6 Å². The molecule has 0 radical (unpaired) electrons. The zero-order valence-corrected chi connectivity index (χ0v) is 25.9. The van der Waals surface area contributed by atoms with Crippen LogP contribution in [0.2, 0.25) is 5.02 Å². The van der Waals surface area contributed by atoms with Gasteiger partial charge in [0.1, 0.15) is 17.1 Å². The van der Waals surface area contributed by atoms with E-state index in [4.69, 9.17) is 21.3 Å². The van der Waals surface area contributed by atoms with Gasteiger partial charge in [0, 0.05) is 77.1 Å². The van der Waals surface area contributed by atoms with Crippen molar-refractivity contribution in [3.05, 3.63) is 53.3 Å². The van der Waals surface area contributed by atoms with Gasteiger partial charge in [0.25, 0.3) is 0 Å². The first-order valence-electron chi connectivity index (χ1n) is 15.6. The van der Waals surface area contributed by atoms with Crippen LogP contribution in [-0.4, -0.2) is 86.1 Å². The fourth-order valence-corrected chi connectivity index (χ4v) is 9.83. The molecule has 44 heavy (non-hydrogen) atoms. The number of ether oxygens (including phenoxy) is 1. The van der Waals surface area contributed by atoms with Crippen molar-refractivity contribution in [2.75, 3.05) is 42.6 Å². The monoisotopic (exact) mass is 635 g/mol. The predicted octanol–water partition coefficient (Wildman–Crippen LogP) is 5.25. The SMILES string of the molecule is O=S1CC2CCC(C1)N2CCCOc1nc(N2CC3CCC(C2)N3)c2cc(Cl)c(-c3cc(O)cc4ccccc34)c(F)c2n1. The minimum Gasteiger partial charge on any atom is -0.508 e. The van der Waals surface area contributed by atoms with Gasteiger partial charge in [0.05, 0.1) is 11.6 Å². The highest BCUT2D eigenvalue weighted by Crippen LogP contribution is 2.43. The molecule has 4 aliphatic rings. The van der Waals surface area contributed by atoms with Crippen LogP contribution in [0.4, 0.5) is 10.2 Å². The number of hydrogen-bond donors (Lipinski definition) is 2. The van der Waals surface area contributed by atoms with Crippen molar-refractivity contribution in [3.8, 4) is 22.9 Å². The number of aromatic hydroxyl groups is 1. The summed E-state index contributed by atoms with van der Waals surface area (Å²) in [6, 6.07) is 14.2. The molecule has 230 valence electrons. The van der Waals surface area contributed by atoms with Crippen molar-refractivity contribution >= 4 is 49.9 Å². The van der Waals surface area contributed by atoms with E-state index in [0.717, 1.165) is 74.0 Å². The minimum atomic E-state index is -0.705. The topological polar surface area (TPSA) is 90.8 Å². The van der Waals surface area contributed by atoms with Crippen LogP contribution < -0.4 is 15.0 Å². The van der Waals surface area contributed by atoms with Crippen molar-refractivity contribution in [1.82, 2.24) is 20.2 Å². The highest BCUT2D eigenvalue weighted by atomic mass is 35.5. The lowest BCUT2D eigenvalue weighted by atomic mass is 9.96. The molecule has 4 aliphatic heterocycles. The van der Waals surface area contributed by atoms with E-state index in [-0.39, 0.29) is 27.9 Å². The highest BCUT2D eigenvalue weighted by Gasteiger charge is 2.39. The van der Waals surface area contributed by atoms with Gasteiger partial charge in [-0.05, 0) is 66.6 Å². The molecule has 4 unspecified atom stereocenters. The number of fused-ring (bicyclic) bond motifs is 6. The minimum absolute atomic E-state index is 0.0336. The van der Waals surface area contributed by atoms with Crippen LogP contribution in [0.1, 0.15) is 32.1 Å². The second kappa shape index (κ2) is 11.4. The van der Waals surface area contributed by atoms with E-state index in [1.807, 2.05) is 24.3 Å². The van der Waals surface area contributed by atoms with Gasteiger partial charge in [-0.1, -0.05) is 35.9 Å². The van der Waals surface area contributed by atoms with Crippen LogP contribution in [-0.2, 0) is 10.8 Å². The molecule has 0 saturated carbocycles. The molecule has 11 heteroatoms. The largest absolute Gasteiger partial charge is 0.508 e. The maximum absolute atomic E-state index is 16.7. The number of anilines is 1. The number of aromatic nitrogens is 2. The fraction of sp³-hybridized carbons (Fsp3) is 0.455. The average molecular weight is 636 g/mol. The van der Waals surface area contributed by atoms with Crippen LogP contribution in [0, 0.1) is 5.82 Å². The molecule has 8 rings (SSSR count). The smallest absolute Gasteiger partial charge is 0.319 e. The fourth-order valence-electron chi connectivity index (χ4n) is 7.83. The Morgan fingerprint density at radius 1 is 1.02 bits per heavy atom. The van der Waals surface area contributed by atoms with E-state index >= 15 is 4.39 Å². The van der Waals surface area contributed by atoms with Gasteiger partial charge in [0.2, 0.25) is 0 Å². The van der Waals surface area contributed by atoms with Crippen LogP contribution in [0.3, 0.4) is 0 Å². The summed E-state index contributed by atoms with van der Waals surface area (Å²) < 4.78 is 35.0. The molecule has 8 nitrogen and oxygen atoms in total. The lowest BCUT2D eigenvalue weighted by Gasteiger charge is -2.34. The van der Waals surface area contributed by atoms with E-state index in [1.54, 1.807) is 18.2 Å². The third-order valence-corrected chi connectivity index (χ3v) is 11.6. The number of hydrogen-bond acceptors (Lipinski definition) is 8. The number of benzene rings is 3.